The van der Waals surface area contributed by atoms with Gasteiger partial charge in [0.25, 0.3) is 0 Å². The van der Waals surface area contributed by atoms with Crippen LogP contribution in [0, 0.1) is 23.6 Å². The lowest BCUT2D eigenvalue weighted by Gasteiger charge is -2.36. The highest BCUT2D eigenvalue weighted by Crippen LogP contribution is 2.35. The van der Waals surface area contributed by atoms with Gasteiger partial charge in [0.2, 0.25) is 0 Å². The van der Waals surface area contributed by atoms with Crippen molar-refractivity contribution < 1.29 is 13.9 Å². The number of benzene rings is 1. The fourth-order valence-electron chi connectivity index (χ4n) is 3.08. The Balaban J connectivity index is 2.10. The number of hydrogen-bond acceptors (Lipinski definition) is 2. The maximum absolute atomic E-state index is 13.6. The molecule has 1 saturated carbocycles. The van der Waals surface area contributed by atoms with Gasteiger partial charge in [-0.3, -0.25) is 0 Å². The van der Waals surface area contributed by atoms with Gasteiger partial charge >= 0.3 is 5.97 Å². The third-order valence-corrected chi connectivity index (χ3v) is 4.31. The van der Waals surface area contributed by atoms with E-state index in [9.17, 15) is 9.18 Å². The van der Waals surface area contributed by atoms with E-state index in [1.54, 1.807) is 12.1 Å². The minimum Gasteiger partial charge on any atom is -0.458 e. The predicted octanol–water partition coefficient (Wildman–Crippen LogP) is 4.44. The van der Waals surface area contributed by atoms with Gasteiger partial charge < -0.3 is 4.74 Å². The van der Waals surface area contributed by atoms with Crippen molar-refractivity contribution in [2.24, 2.45) is 17.8 Å². The summed E-state index contributed by atoms with van der Waals surface area (Å²) in [6.07, 6.45) is 3.04. The van der Waals surface area contributed by atoms with E-state index < -0.39 is 11.8 Å². The van der Waals surface area contributed by atoms with Gasteiger partial charge in [0.1, 0.15) is 11.9 Å². The van der Waals surface area contributed by atoms with Gasteiger partial charge in [0.15, 0.2) is 0 Å². The molecule has 1 aliphatic rings. The Morgan fingerprint density at radius 3 is 2.65 bits per heavy atom. The first-order valence-corrected chi connectivity index (χ1v) is 7.44. The standard InChI is InChI=1S/C17H23FO2/c1-11(2)13-9-8-12(3)10-16(13)20-17(19)14-6-4-5-7-15(14)18/h4-7,11-13,16H,8-10H2,1-3H3. The van der Waals surface area contributed by atoms with Crippen LogP contribution >= 0.6 is 0 Å². The largest absolute Gasteiger partial charge is 0.458 e. The van der Waals surface area contributed by atoms with Crippen LogP contribution in [0.4, 0.5) is 4.39 Å². The average Bonchev–Trinajstić information content (AvgIpc) is 2.38. The van der Waals surface area contributed by atoms with Gasteiger partial charge in [-0.2, -0.15) is 0 Å². The Kier molecular flexibility index (Phi) is 4.79. The normalized spacial score (nSPS) is 26.6. The van der Waals surface area contributed by atoms with Gasteiger partial charge in [-0.05, 0) is 42.7 Å². The second-order valence-corrected chi connectivity index (χ2v) is 6.25. The molecular formula is C17H23FO2. The molecule has 2 rings (SSSR count). The second-order valence-electron chi connectivity index (χ2n) is 6.25. The average molecular weight is 278 g/mol. The number of carbonyl (C=O) groups is 1. The molecule has 1 aromatic rings. The smallest absolute Gasteiger partial charge is 0.341 e. The first kappa shape index (κ1) is 15.0. The number of ether oxygens (including phenoxy) is 1. The van der Waals surface area contributed by atoms with E-state index in [1.807, 2.05) is 0 Å². The Hall–Kier alpha value is -1.38. The van der Waals surface area contributed by atoms with Crippen molar-refractivity contribution in [2.75, 3.05) is 0 Å². The van der Waals surface area contributed by atoms with Gasteiger partial charge in [-0.15, -0.1) is 0 Å². The zero-order chi connectivity index (χ0) is 14.7. The van der Waals surface area contributed by atoms with Gasteiger partial charge in [0, 0.05) is 0 Å². The van der Waals surface area contributed by atoms with Gasteiger partial charge in [0.05, 0.1) is 5.56 Å². The second kappa shape index (κ2) is 6.38. The summed E-state index contributed by atoms with van der Waals surface area (Å²) in [7, 11) is 0. The van der Waals surface area contributed by atoms with Crippen molar-refractivity contribution in [2.45, 2.75) is 46.1 Å². The highest BCUT2D eigenvalue weighted by molar-refractivity contribution is 5.89. The van der Waals surface area contributed by atoms with Gasteiger partial charge in [-0.25, -0.2) is 9.18 Å². The number of esters is 1. The fraction of sp³-hybridized carbons (Fsp3) is 0.588. The molecule has 3 heteroatoms. The number of hydrogen-bond donors (Lipinski definition) is 0. The predicted molar refractivity (Wildman–Crippen MR) is 76.9 cm³/mol. The molecule has 0 amide bonds. The van der Waals surface area contributed by atoms with E-state index >= 15 is 0 Å². The van der Waals surface area contributed by atoms with Crippen molar-refractivity contribution in [3.8, 4) is 0 Å². The molecule has 2 nitrogen and oxygen atoms in total. The molecule has 3 atom stereocenters. The van der Waals surface area contributed by atoms with Crippen molar-refractivity contribution in [1.29, 1.82) is 0 Å². The summed E-state index contributed by atoms with van der Waals surface area (Å²) < 4.78 is 19.2. The van der Waals surface area contributed by atoms with Crippen molar-refractivity contribution in [3.05, 3.63) is 35.6 Å². The van der Waals surface area contributed by atoms with Crippen LogP contribution in [-0.2, 0) is 4.74 Å². The maximum atomic E-state index is 13.6. The van der Waals surface area contributed by atoms with E-state index in [4.69, 9.17) is 4.74 Å². The van der Waals surface area contributed by atoms with Crippen LogP contribution in [0.5, 0.6) is 0 Å². The maximum Gasteiger partial charge on any atom is 0.341 e. The summed E-state index contributed by atoms with van der Waals surface area (Å²) in [6.45, 7) is 6.50. The van der Waals surface area contributed by atoms with E-state index in [-0.39, 0.29) is 11.7 Å². The SMILES string of the molecule is CC1CCC(C(C)C)C(OC(=O)c2ccccc2F)C1. The monoisotopic (exact) mass is 278 g/mol. The zero-order valence-electron chi connectivity index (χ0n) is 12.4. The minimum absolute atomic E-state index is 0.0354. The number of halogens is 1. The van der Waals surface area contributed by atoms with Gasteiger partial charge in [-0.1, -0.05) is 39.3 Å². The van der Waals surface area contributed by atoms with Crippen LogP contribution in [0.3, 0.4) is 0 Å². The van der Waals surface area contributed by atoms with Crippen molar-refractivity contribution in [1.82, 2.24) is 0 Å². The molecule has 3 unspecified atom stereocenters. The molecule has 1 fully saturated rings. The molecule has 110 valence electrons. The Labute approximate surface area is 120 Å². The third-order valence-electron chi connectivity index (χ3n) is 4.31. The zero-order valence-corrected chi connectivity index (χ0v) is 12.4. The molecular weight excluding hydrogens is 255 g/mol. The van der Waals surface area contributed by atoms with E-state index in [2.05, 4.69) is 20.8 Å². The van der Waals surface area contributed by atoms with Crippen LogP contribution in [0.2, 0.25) is 0 Å². The Bertz CT molecular complexity index is 470. The molecule has 0 aromatic heterocycles. The molecule has 0 spiro atoms. The molecule has 0 bridgehead atoms. The Morgan fingerprint density at radius 2 is 2.00 bits per heavy atom. The molecule has 20 heavy (non-hydrogen) atoms. The highest BCUT2D eigenvalue weighted by Gasteiger charge is 2.33. The summed E-state index contributed by atoms with van der Waals surface area (Å²) in [5, 5.41) is 0. The molecule has 1 aliphatic carbocycles. The Morgan fingerprint density at radius 1 is 1.30 bits per heavy atom. The molecule has 0 radical (unpaired) electrons. The summed E-state index contributed by atoms with van der Waals surface area (Å²) in [6, 6.07) is 6.00. The molecule has 0 N–H and O–H groups in total. The molecule has 0 aliphatic heterocycles. The van der Waals surface area contributed by atoms with Crippen LogP contribution in [0.25, 0.3) is 0 Å². The lowest BCUT2D eigenvalue weighted by atomic mass is 9.75. The third kappa shape index (κ3) is 3.38. The van der Waals surface area contributed by atoms with Crippen molar-refractivity contribution >= 4 is 5.97 Å². The van der Waals surface area contributed by atoms with E-state index in [0.29, 0.717) is 17.8 Å². The van der Waals surface area contributed by atoms with Crippen LogP contribution in [0.1, 0.15) is 50.4 Å². The highest BCUT2D eigenvalue weighted by atomic mass is 19.1. The minimum atomic E-state index is -0.534. The van der Waals surface area contributed by atoms with Crippen molar-refractivity contribution in [3.63, 3.8) is 0 Å². The molecule has 0 saturated heterocycles. The summed E-state index contributed by atoms with van der Waals surface area (Å²) in [4.78, 5) is 12.1. The lowest BCUT2D eigenvalue weighted by Crippen LogP contribution is -2.36. The van der Waals surface area contributed by atoms with Crippen LogP contribution in [-0.4, -0.2) is 12.1 Å². The summed E-state index contributed by atoms with van der Waals surface area (Å²) >= 11 is 0. The first-order valence-electron chi connectivity index (χ1n) is 7.44. The first-order chi connectivity index (χ1) is 9.49. The quantitative estimate of drug-likeness (QED) is 0.764. The van der Waals surface area contributed by atoms with Crippen LogP contribution in [0.15, 0.2) is 24.3 Å². The van der Waals surface area contributed by atoms with E-state index in [0.717, 1.165) is 12.8 Å². The summed E-state index contributed by atoms with van der Waals surface area (Å²) in [5.74, 6) is 0.363. The lowest BCUT2D eigenvalue weighted by molar-refractivity contribution is -0.0177. The molecule has 1 aromatic carbocycles. The van der Waals surface area contributed by atoms with E-state index in [1.165, 1.54) is 18.6 Å². The van der Waals surface area contributed by atoms with Crippen LogP contribution < -0.4 is 0 Å². The number of rotatable bonds is 3. The topological polar surface area (TPSA) is 26.3 Å². The fourth-order valence-corrected chi connectivity index (χ4v) is 3.08. The number of carbonyl (C=O) groups excluding carboxylic acids is 1. The summed E-state index contributed by atoms with van der Waals surface area (Å²) in [5.41, 5.74) is 0.0354. The molecule has 0 heterocycles.